The number of anilines is 1. The third kappa shape index (κ3) is 4.67. The number of hydrogen-bond acceptors (Lipinski definition) is 3. The first kappa shape index (κ1) is 17.2. The number of carbonyl (C=O) groups is 2. The molecule has 0 bridgehead atoms. The number of nitrogens with one attached hydrogen (secondary N) is 1. The van der Waals surface area contributed by atoms with Crippen molar-refractivity contribution in [3.05, 3.63) is 58.5 Å². The van der Waals surface area contributed by atoms with Crippen LogP contribution in [0.2, 0.25) is 0 Å². The number of benzene rings is 1. The van der Waals surface area contributed by atoms with Crippen molar-refractivity contribution in [3.63, 3.8) is 0 Å². The minimum atomic E-state index is -0.347. The number of urea groups is 1. The van der Waals surface area contributed by atoms with Crippen LogP contribution in [0.1, 0.15) is 4.88 Å². The van der Waals surface area contributed by atoms with Crippen LogP contribution in [0.4, 0.5) is 14.9 Å². The summed E-state index contributed by atoms with van der Waals surface area (Å²) in [5, 5.41) is 4.69. The molecule has 1 N–H and O–H groups in total. The minimum absolute atomic E-state index is 0.0491. The molecule has 0 spiro atoms. The number of halogens is 1. The van der Waals surface area contributed by atoms with E-state index in [1.165, 1.54) is 24.3 Å². The fourth-order valence-electron chi connectivity index (χ4n) is 2.51. The summed E-state index contributed by atoms with van der Waals surface area (Å²) in [6.07, 6.45) is 3.38. The van der Waals surface area contributed by atoms with Gasteiger partial charge in [0.25, 0.3) is 0 Å². The monoisotopic (exact) mass is 359 g/mol. The standard InChI is InChI=1S/C18H18FN3O2S/c19-14-3-5-15(6-4-14)20-18(24)22-11-9-21(10-12-22)17(23)8-7-16-2-1-13-25-16/h1-8,13H,9-12H2,(H,20,24)/b8-7+. The van der Waals surface area contributed by atoms with Crippen molar-refractivity contribution < 1.29 is 14.0 Å². The van der Waals surface area contributed by atoms with E-state index in [0.29, 0.717) is 31.9 Å². The molecule has 1 aliphatic heterocycles. The van der Waals surface area contributed by atoms with Crippen LogP contribution in [0, 0.1) is 5.82 Å². The van der Waals surface area contributed by atoms with Gasteiger partial charge in [0.1, 0.15) is 5.82 Å². The van der Waals surface area contributed by atoms with E-state index in [1.807, 2.05) is 17.5 Å². The zero-order chi connectivity index (χ0) is 17.6. The molecule has 0 aliphatic carbocycles. The van der Waals surface area contributed by atoms with Crippen LogP contribution in [0.3, 0.4) is 0 Å². The van der Waals surface area contributed by atoms with Crippen LogP contribution in [-0.2, 0) is 4.79 Å². The van der Waals surface area contributed by atoms with Gasteiger partial charge in [-0.2, -0.15) is 0 Å². The first-order valence-electron chi connectivity index (χ1n) is 7.94. The van der Waals surface area contributed by atoms with Crippen LogP contribution in [0.5, 0.6) is 0 Å². The second-order valence-electron chi connectivity index (χ2n) is 5.60. The van der Waals surface area contributed by atoms with E-state index in [4.69, 9.17) is 0 Å². The molecule has 5 nitrogen and oxygen atoms in total. The largest absolute Gasteiger partial charge is 0.336 e. The molecule has 7 heteroatoms. The highest BCUT2D eigenvalue weighted by molar-refractivity contribution is 7.10. The van der Waals surface area contributed by atoms with E-state index in [9.17, 15) is 14.0 Å². The summed E-state index contributed by atoms with van der Waals surface area (Å²) >= 11 is 1.58. The van der Waals surface area contributed by atoms with Crippen molar-refractivity contribution in [3.8, 4) is 0 Å². The number of amides is 3. The predicted molar refractivity (Wildman–Crippen MR) is 96.9 cm³/mol. The van der Waals surface area contributed by atoms with Gasteiger partial charge in [-0.1, -0.05) is 6.07 Å². The maximum atomic E-state index is 12.9. The smallest absolute Gasteiger partial charge is 0.321 e. The van der Waals surface area contributed by atoms with E-state index < -0.39 is 0 Å². The SMILES string of the molecule is O=C(/C=C/c1cccs1)N1CCN(C(=O)Nc2ccc(F)cc2)CC1. The fraction of sp³-hybridized carbons (Fsp3) is 0.222. The quantitative estimate of drug-likeness (QED) is 0.855. The molecule has 0 saturated carbocycles. The lowest BCUT2D eigenvalue weighted by molar-refractivity contribution is -0.127. The third-order valence-electron chi connectivity index (χ3n) is 3.91. The van der Waals surface area contributed by atoms with Gasteiger partial charge >= 0.3 is 6.03 Å². The average Bonchev–Trinajstić information content (AvgIpc) is 3.15. The van der Waals surface area contributed by atoms with Crippen LogP contribution in [0.25, 0.3) is 6.08 Å². The molecule has 3 amide bonds. The number of hydrogen-bond donors (Lipinski definition) is 1. The van der Waals surface area contributed by atoms with E-state index >= 15 is 0 Å². The Labute approximate surface area is 149 Å². The molecule has 1 aromatic carbocycles. The summed E-state index contributed by atoms with van der Waals surface area (Å²) in [4.78, 5) is 28.8. The van der Waals surface area contributed by atoms with Gasteiger partial charge in [-0.25, -0.2) is 9.18 Å². The lowest BCUT2D eigenvalue weighted by Gasteiger charge is -2.34. The minimum Gasteiger partial charge on any atom is -0.336 e. The molecule has 1 aliphatic rings. The van der Waals surface area contributed by atoms with E-state index in [1.54, 1.807) is 33.3 Å². The number of rotatable bonds is 3. The normalized spacial score (nSPS) is 14.8. The van der Waals surface area contributed by atoms with Gasteiger partial charge < -0.3 is 15.1 Å². The first-order valence-corrected chi connectivity index (χ1v) is 8.82. The summed E-state index contributed by atoms with van der Waals surface area (Å²) in [7, 11) is 0. The van der Waals surface area contributed by atoms with E-state index in [-0.39, 0.29) is 17.8 Å². The molecular weight excluding hydrogens is 341 g/mol. The van der Waals surface area contributed by atoms with Gasteiger partial charge in [0.05, 0.1) is 0 Å². The van der Waals surface area contributed by atoms with E-state index in [2.05, 4.69) is 5.32 Å². The molecule has 3 rings (SSSR count). The summed E-state index contributed by atoms with van der Waals surface area (Å²) in [5.74, 6) is -0.396. The zero-order valence-corrected chi connectivity index (χ0v) is 14.3. The molecule has 0 unspecified atom stereocenters. The molecule has 1 saturated heterocycles. The van der Waals surface area contributed by atoms with Crippen LogP contribution >= 0.6 is 11.3 Å². The Bertz CT molecular complexity index is 751. The second kappa shape index (κ2) is 7.94. The summed E-state index contributed by atoms with van der Waals surface area (Å²) in [6.45, 7) is 1.91. The van der Waals surface area contributed by atoms with Gasteiger partial charge in [0.2, 0.25) is 5.91 Å². The van der Waals surface area contributed by atoms with Gasteiger partial charge in [-0.05, 0) is 41.8 Å². The van der Waals surface area contributed by atoms with Gasteiger partial charge in [-0.3, -0.25) is 4.79 Å². The number of thiophene rings is 1. The van der Waals surface area contributed by atoms with Gasteiger partial charge in [0.15, 0.2) is 0 Å². The van der Waals surface area contributed by atoms with Crippen LogP contribution < -0.4 is 5.32 Å². The maximum absolute atomic E-state index is 12.9. The number of carbonyl (C=O) groups excluding carboxylic acids is 2. The third-order valence-corrected chi connectivity index (χ3v) is 4.74. The summed E-state index contributed by atoms with van der Waals surface area (Å²) < 4.78 is 12.9. The fourth-order valence-corrected chi connectivity index (χ4v) is 3.13. The Balaban J connectivity index is 1.48. The van der Waals surface area contributed by atoms with Crippen LogP contribution in [0.15, 0.2) is 47.9 Å². The highest BCUT2D eigenvalue weighted by atomic mass is 32.1. The van der Waals surface area contributed by atoms with Crippen molar-refractivity contribution in [2.75, 3.05) is 31.5 Å². The Kier molecular flexibility index (Phi) is 5.45. The van der Waals surface area contributed by atoms with Crippen molar-refractivity contribution in [2.24, 2.45) is 0 Å². The Morgan fingerprint density at radius 2 is 1.72 bits per heavy atom. The Hall–Kier alpha value is -2.67. The Morgan fingerprint density at radius 3 is 2.36 bits per heavy atom. The highest BCUT2D eigenvalue weighted by Gasteiger charge is 2.23. The molecule has 1 aromatic heterocycles. The second-order valence-corrected chi connectivity index (χ2v) is 6.58. The lowest BCUT2D eigenvalue weighted by Crippen LogP contribution is -2.51. The molecule has 0 atom stereocenters. The average molecular weight is 359 g/mol. The highest BCUT2D eigenvalue weighted by Crippen LogP contribution is 2.12. The lowest BCUT2D eigenvalue weighted by atomic mass is 10.3. The molecule has 2 heterocycles. The first-order chi connectivity index (χ1) is 12.1. The predicted octanol–water partition coefficient (Wildman–Crippen LogP) is 3.28. The summed E-state index contributed by atoms with van der Waals surface area (Å²) in [5.41, 5.74) is 0.545. The van der Waals surface area contributed by atoms with Crippen LogP contribution in [-0.4, -0.2) is 47.9 Å². The molecule has 1 fully saturated rings. The van der Waals surface area contributed by atoms with Crippen molar-refractivity contribution in [1.29, 1.82) is 0 Å². The molecule has 0 radical (unpaired) electrons. The van der Waals surface area contributed by atoms with Gasteiger partial charge in [0, 0.05) is 42.8 Å². The van der Waals surface area contributed by atoms with Crippen molar-refractivity contribution in [1.82, 2.24) is 9.80 Å². The molecule has 2 aromatic rings. The maximum Gasteiger partial charge on any atom is 0.321 e. The molecule has 130 valence electrons. The van der Waals surface area contributed by atoms with Crippen molar-refractivity contribution >= 4 is 35.0 Å². The number of piperazine rings is 1. The zero-order valence-electron chi connectivity index (χ0n) is 13.5. The molecular formula is C18H18FN3O2S. The van der Waals surface area contributed by atoms with Gasteiger partial charge in [-0.15, -0.1) is 11.3 Å². The topological polar surface area (TPSA) is 52.7 Å². The van der Waals surface area contributed by atoms with Crippen molar-refractivity contribution in [2.45, 2.75) is 0 Å². The van der Waals surface area contributed by atoms with E-state index in [0.717, 1.165) is 4.88 Å². The molecule has 25 heavy (non-hydrogen) atoms. The Morgan fingerprint density at radius 1 is 1.04 bits per heavy atom. The summed E-state index contributed by atoms with van der Waals surface area (Å²) in [6, 6.07) is 9.27. The number of nitrogens with zero attached hydrogens (tertiary/aromatic N) is 2.